The number of benzene rings is 2. The Morgan fingerprint density at radius 2 is 1.67 bits per heavy atom. The Hall–Kier alpha value is -3.15. The van der Waals surface area contributed by atoms with Crippen molar-refractivity contribution < 1.29 is 47.7 Å². The lowest BCUT2D eigenvalue weighted by atomic mass is 9.58. The Morgan fingerprint density at radius 3 is 2.36 bits per heavy atom. The van der Waals surface area contributed by atoms with Gasteiger partial charge in [-0.2, -0.15) is 0 Å². The molecule has 0 N–H and O–H groups in total. The first kappa shape index (κ1) is 31.8. The van der Waals surface area contributed by atoms with Crippen LogP contribution < -0.4 is 18.9 Å². The molecule has 10 heteroatoms. The maximum atomic E-state index is 12.8. The third-order valence-corrected chi connectivity index (χ3v) is 9.98. The third kappa shape index (κ3) is 5.94. The minimum absolute atomic E-state index is 0.101. The van der Waals surface area contributed by atoms with Crippen LogP contribution in [0.25, 0.3) is 6.08 Å². The van der Waals surface area contributed by atoms with Gasteiger partial charge in [0.2, 0.25) is 11.5 Å². The van der Waals surface area contributed by atoms with Crippen molar-refractivity contribution in [3.63, 3.8) is 0 Å². The molecule has 2 aromatic rings. The van der Waals surface area contributed by atoms with E-state index in [4.69, 9.17) is 42.9 Å². The highest BCUT2D eigenvalue weighted by molar-refractivity contribution is 6.06. The lowest BCUT2D eigenvalue weighted by molar-refractivity contribution is -0.577. The van der Waals surface area contributed by atoms with Gasteiger partial charge in [0.1, 0.15) is 12.4 Å². The summed E-state index contributed by atoms with van der Waals surface area (Å²) in [6.45, 7) is 7.07. The Kier molecular flexibility index (Phi) is 9.14. The van der Waals surface area contributed by atoms with E-state index < -0.39 is 24.0 Å². The molecule has 4 saturated heterocycles. The average Bonchev–Trinajstić information content (AvgIpc) is 3.29. The molecular weight excluding hydrogens is 580 g/mol. The zero-order valence-corrected chi connectivity index (χ0v) is 26.9. The number of hydrogen-bond acceptors (Lipinski definition) is 10. The second kappa shape index (κ2) is 12.9. The summed E-state index contributed by atoms with van der Waals surface area (Å²) >= 11 is 0. The van der Waals surface area contributed by atoms with Crippen molar-refractivity contribution in [2.24, 2.45) is 23.7 Å². The molecule has 4 heterocycles. The number of carbonyl (C=O) groups excluding carboxylic acids is 1. The molecule has 7 rings (SSSR count). The van der Waals surface area contributed by atoms with Gasteiger partial charge < -0.3 is 33.2 Å². The maximum absolute atomic E-state index is 12.8. The van der Waals surface area contributed by atoms with Gasteiger partial charge in [-0.1, -0.05) is 19.9 Å². The van der Waals surface area contributed by atoms with Crippen LogP contribution in [-0.4, -0.2) is 64.3 Å². The van der Waals surface area contributed by atoms with Gasteiger partial charge in [-0.05, 0) is 86.1 Å². The standard InChI is InChI=1S/C35H44O10/c1-21-7-13-27-22(2)32(42-33-35(27)26(21)15-16-34(3,43-33)44-45-35)41-18-17-40-25-11-9-24(10-12-25)28(36)14-8-23-19-29(37-4)31(39-6)30(20-23)38-5/h8-12,14,19-22,26-27,32-33H,7,13,15-18H2,1-6H3/b14-8+/t21-,22-,26+,27+,32+,33-,34+,35-/m1/s1. The Bertz CT molecular complexity index is 1370. The predicted octanol–water partition coefficient (Wildman–Crippen LogP) is 6.21. The number of allylic oxidation sites excluding steroid dienone is 1. The van der Waals surface area contributed by atoms with Crippen LogP contribution in [0.2, 0.25) is 0 Å². The van der Waals surface area contributed by atoms with E-state index in [0.717, 1.165) is 31.2 Å². The Labute approximate surface area is 264 Å². The number of fused-ring (bicyclic) bond motifs is 2. The van der Waals surface area contributed by atoms with Crippen molar-refractivity contribution in [3.8, 4) is 23.0 Å². The van der Waals surface area contributed by atoms with E-state index in [-0.39, 0.29) is 17.6 Å². The molecule has 0 radical (unpaired) electrons. The molecule has 45 heavy (non-hydrogen) atoms. The second-order valence-electron chi connectivity index (χ2n) is 12.7. The summed E-state index contributed by atoms with van der Waals surface area (Å²) in [5.74, 6) is 2.36. The van der Waals surface area contributed by atoms with Crippen LogP contribution in [0.1, 0.15) is 62.4 Å². The minimum atomic E-state index is -0.814. The van der Waals surface area contributed by atoms with Crippen LogP contribution in [0, 0.1) is 23.7 Å². The minimum Gasteiger partial charge on any atom is -0.493 e. The van der Waals surface area contributed by atoms with E-state index in [1.165, 1.54) is 6.08 Å². The monoisotopic (exact) mass is 624 g/mol. The maximum Gasteiger partial charge on any atom is 0.203 e. The molecule has 1 spiro atoms. The molecule has 1 saturated carbocycles. The van der Waals surface area contributed by atoms with E-state index in [1.54, 1.807) is 63.8 Å². The van der Waals surface area contributed by atoms with Crippen LogP contribution >= 0.6 is 0 Å². The average molecular weight is 625 g/mol. The van der Waals surface area contributed by atoms with Crippen LogP contribution in [0.3, 0.4) is 0 Å². The molecule has 8 atom stereocenters. The second-order valence-corrected chi connectivity index (χ2v) is 12.7. The van der Waals surface area contributed by atoms with E-state index in [0.29, 0.717) is 53.6 Å². The van der Waals surface area contributed by atoms with Crippen molar-refractivity contribution in [1.29, 1.82) is 0 Å². The Morgan fingerprint density at radius 1 is 0.933 bits per heavy atom. The number of hydrogen-bond donors (Lipinski definition) is 0. The fraction of sp³-hybridized carbons (Fsp3) is 0.571. The highest BCUT2D eigenvalue weighted by atomic mass is 17.3. The molecule has 244 valence electrons. The van der Waals surface area contributed by atoms with Crippen molar-refractivity contribution in [2.75, 3.05) is 34.5 Å². The number of methoxy groups -OCH3 is 3. The SMILES string of the molecule is COc1cc(/C=C/C(=O)c2ccc(OCCO[C@H]3O[C@@H]4O[C@]5(C)CC[C@H]6[C@H](C)CC[C@@H]([C@H]3C)[C@@]46OO5)cc2)cc(OC)c1OC. The molecule has 5 fully saturated rings. The lowest BCUT2D eigenvalue weighted by Gasteiger charge is -2.60. The summed E-state index contributed by atoms with van der Waals surface area (Å²) in [4.78, 5) is 24.9. The summed E-state index contributed by atoms with van der Waals surface area (Å²) in [6.07, 6.45) is 6.18. The van der Waals surface area contributed by atoms with Gasteiger partial charge >= 0.3 is 0 Å². The van der Waals surface area contributed by atoms with Gasteiger partial charge in [0.05, 0.1) is 27.9 Å². The largest absolute Gasteiger partial charge is 0.493 e. The summed E-state index contributed by atoms with van der Waals surface area (Å²) in [5, 5.41) is 0. The van der Waals surface area contributed by atoms with Crippen LogP contribution in [0.4, 0.5) is 0 Å². The third-order valence-electron chi connectivity index (χ3n) is 9.98. The number of ether oxygens (including phenoxy) is 7. The van der Waals surface area contributed by atoms with Crippen molar-refractivity contribution in [1.82, 2.24) is 0 Å². The zero-order valence-electron chi connectivity index (χ0n) is 26.9. The topological polar surface area (TPSA) is 100 Å². The van der Waals surface area contributed by atoms with Crippen molar-refractivity contribution in [3.05, 3.63) is 53.6 Å². The fourth-order valence-electron chi connectivity index (χ4n) is 7.57. The van der Waals surface area contributed by atoms with Crippen LogP contribution in [0.15, 0.2) is 42.5 Å². The molecule has 1 aliphatic carbocycles. The van der Waals surface area contributed by atoms with Crippen molar-refractivity contribution in [2.45, 2.75) is 70.4 Å². The van der Waals surface area contributed by atoms with Gasteiger partial charge in [0.25, 0.3) is 0 Å². The summed E-state index contributed by atoms with van der Waals surface area (Å²) in [7, 11) is 4.65. The number of carbonyl (C=O) groups is 1. The van der Waals surface area contributed by atoms with E-state index >= 15 is 0 Å². The van der Waals surface area contributed by atoms with Gasteiger partial charge in [0, 0.05) is 23.8 Å². The van der Waals surface area contributed by atoms with Crippen LogP contribution in [0.5, 0.6) is 23.0 Å². The van der Waals surface area contributed by atoms with E-state index in [1.807, 2.05) is 6.92 Å². The highest BCUT2D eigenvalue weighted by Crippen LogP contribution is 2.60. The van der Waals surface area contributed by atoms with E-state index in [2.05, 4.69) is 13.8 Å². The zero-order chi connectivity index (χ0) is 31.8. The molecule has 5 aliphatic rings. The van der Waals surface area contributed by atoms with Gasteiger partial charge in [-0.15, -0.1) is 0 Å². The normalized spacial score (nSPS) is 33.7. The molecule has 0 amide bonds. The Balaban J connectivity index is 1.02. The molecule has 2 bridgehead atoms. The molecule has 0 unspecified atom stereocenters. The number of rotatable bonds is 11. The molecular formula is C35H44O10. The van der Waals surface area contributed by atoms with E-state index in [9.17, 15) is 4.79 Å². The molecule has 2 aromatic carbocycles. The summed E-state index contributed by atoms with van der Waals surface area (Å²) in [5.41, 5.74) is 0.681. The smallest absolute Gasteiger partial charge is 0.203 e. The first-order chi connectivity index (χ1) is 21.7. The van der Waals surface area contributed by atoms with Gasteiger partial charge in [-0.25, -0.2) is 9.78 Å². The first-order valence-corrected chi connectivity index (χ1v) is 15.8. The van der Waals surface area contributed by atoms with Gasteiger partial charge in [-0.3, -0.25) is 4.79 Å². The quantitative estimate of drug-likeness (QED) is 0.124. The first-order valence-electron chi connectivity index (χ1n) is 15.8. The fourth-order valence-corrected chi connectivity index (χ4v) is 7.57. The molecule has 0 aromatic heterocycles. The van der Waals surface area contributed by atoms with Crippen molar-refractivity contribution >= 4 is 11.9 Å². The lowest BCUT2D eigenvalue weighted by Crippen LogP contribution is -2.70. The predicted molar refractivity (Wildman–Crippen MR) is 164 cm³/mol. The van der Waals surface area contributed by atoms with Crippen LogP contribution in [-0.2, 0) is 24.0 Å². The molecule has 10 nitrogen and oxygen atoms in total. The number of ketones is 1. The molecule has 4 aliphatic heterocycles. The summed E-state index contributed by atoms with van der Waals surface area (Å²) < 4.78 is 41.2. The highest BCUT2D eigenvalue weighted by Gasteiger charge is 2.69. The van der Waals surface area contributed by atoms with Gasteiger partial charge in [0.15, 0.2) is 35.5 Å². The summed E-state index contributed by atoms with van der Waals surface area (Å²) in [6, 6.07) is 10.6.